The second kappa shape index (κ2) is 30.9. The minimum absolute atomic E-state index is 0.000139. The molecule has 28 heteroatoms. The highest BCUT2D eigenvalue weighted by Gasteiger charge is 2.67. The van der Waals surface area contributed by atoms with Crippen LogP contribution in [-0.2, 0) is 65.4 Å². The highest BCUT2D eigenvalue weighted by molar-refractivity contribution is 6.66. The third-order valence-corrected chi connectivity index (χ3v) is 23.5. The van der Waals surface area contributed by atoms with E-state index in [1.165, 1.54) is 99.2 Å². The van der Waals surface area contributed by atoms with Crippen molar-refractivity contribution in [1.82, 2.24) is 0 Å². The van der Waals surface area contributed by atoms with Gasteiger partial charge in [-0.3, -0.25) is 9.59 Å². The molecule has 2 spiro atoms. The molecule has 5 saturated carbocycles. The molecule has 4 aromatic rings. The molecule has 2 unspecified atom stereocenters. The van der Waals surface area contributed by atoms with Crippen molar-refractivity contribution in [3.8, 4) is 17.2 Å². The lowest BCUT2D eigenvalue weighted by molar-refractivity contribution is -0.792. The van der Waals surface area contributed by atoms with Gasteiger partial charge in [-0.25, -0.2) is 0 Å². The van der Waals surface area contributed by atoms with E-state index in [0.29, 0.717) is 24.4 Å². The summed E-state index contributed by atoms with van der Waals surface area (Å²) in [6, 6.07) is 28.3. The second-order valence-electron chi connectivity index (χ2n) is 33.5. The Morgan fingerprint density at radius 2 is 1.02 bits per heavy atom. The topological polar surface area (TPSA) is 197 Å². The number of carbonyl (C=O) groups excluding carboxylic acids is 2. The number of nitrogens with one attached hydrogen (secondary N) is 2. The van der Waals surface area contributed by atoms with E-state index >= 15 is 0 Å². The Morgan fingerprint density at radius 1 is 0.535 bits per heavy atom. The number of likely N-dealkylation sites (N-methyl/N-ethyl adjacent to an activating group) is 1. The molecule has 2 N–H and O–H groups in total. The zero-order chi connectivity index (χ0) is 73.4. The number of methoxy groups -OCH3 is 1. The van der Waals surface area contributed by atoms with Crippen LogP contribution in [0.2, 0.25) is 54.6 Å². The van der Waals surface area contributed by atoms with Crippen LogP contribution in [-0.4, -0.2) is 153 Å². The molecule has 9 heterocycles. The number of benzene rings is 4. The van der Waals surface area contributed by atoms with Crippen molar-refractivity contribution in [3.05, 3.63) is 90.5 Å². The number of para-hydroxylation sites is 2. The number of hydrogen-bond donors (Lipinski definition) is 2. The Morgan fingerprint density at radius 3 is 1.45 bits per heavy atom. The first kappa shape index (κ1) is 78.7. The van der Waals surface area contributed by atoms with Crippen LogP contribution in [0.5, 0.6) is 17.2 Å². The molecule has 548 valence electrons. The number of carbonyl (C=O) groups is 2. The van der Waals surface area contributed by atoms with Crippen molar-refractivity contribution in [1.29, 1.82) is 0 Å². The summed E-state index contributed by atoms with van der Waals surface area (Å²) in [5.41, 5.74) is 3.83. The lowest BCUT2D eigenvalue weighted by Crippen LogP contribution is -2.65. The molecule has 14 aliphatic rings. The Hall–Kier alpha value is -4.84. The molecule has 4 aromatic carbocycles. The van der Waals surface area contributed by atoms with Crippen molar-refractivity contribution in [3.63, 3.8) is 0 Å². The van der Waals surface area contributed by atoms with E-state index in [9.17, 15) is 9.59 Å². The second-order valence-corrected chi connectivity index (χ2v) is 33.5. The molecule has 20 nitrogen and oxygen atoms in total. The van der Waals surface area contributed by atoms with Crippen LogP contribution < -0.4 is 24.5 Å². The van der Waals surface area contributed by atoms with Crippen LogP contribution in [0.3, 0.4) is 0 Å². The molecule has 9 aliphatic heterocycles. The summed E-state index contributed by atoms with van der Waals surface area (Å²) >= 11 is 0. The maximum atomic E-state index is 11.0. The third-order valence-electron chi connectivity index (χ3n) is 23.5. The summed E-state index contributed by atoms with van der Waals surface area (Å²) in [6.07, 6.45) is 15.9. The molecule has 0 aromatic heterocycles. The van der Waals surface area contributed by atoms with E-state index in [-0.39, 0.29) is 117 Å². The molecule has 0 radical (unpaired) electrons. The number of hydrogen-bond acceptors (Lipinski definition) is 19. The quantitative estimate of drug-likeness (QED) is 0.180. The highest BCUT2D eigenvalue weighted by Crippen LogP contribution is 2.66. The van der Waals surface area contributed by atoms with E-state index in [4.69, 9.17) is 69.9 Å². The van der Waals surface area contributed by atoms with Crippen LogP contribution in [0, 0.1) is 22.7 Å². The Kier molecular flexibility index (Phi) is 24.1. The summed E-state index contributed by atoms with van der Waals surface area (Å²) < 4.78 is 83.5. The number of ether oxygens (including phenoxy) is 1. The molecule has 18 rings (SSSR count). The van der Waals surface area contributed by atoms with E-state index in [0.717, 1.165) is 41.9 Å². The van der Waals surface area contributed by atoms with Gasteiger partial charge >= 0.3 is 68.3 Å². The highest BCUT2D eigenvalue weighted by atomic mass is 16.7. The van der Waals surface area contributed by atoms with Gasteiger partial charge in [0.25, 0.3) is 0 Å². The van der Waals surface area contributed by atoms with Gasteiger partial charge in [-0.15, -0.1) is 0 Å². The molecule has 5 aliphatic carbocycles. The average Bonchev–Trinajstić information content (AvgIpc) is 1.68. The van der Waals surface area contributed by atoms with Gasteiger partial charge < -0.3 is 84.7 Å². The zero-order valence-corrected chi connectivity index (χ0v) is 64.7. The predicted octanol–water partition coefficient (Wildman–Crippen LogP) is 15.0. The molecular formula is C73H115B8N3O17. The normalized spacial score (nSPS) is 30.2. The molecule has 12 fully saturated rings. The van der Waals surface area contributed by atoms with Crippen molar-refractivity contribution < 1.29 is 83.9 Å². The Balaban J connectivity index is 0.000000125. The zero-order valence-electron chi connectivity index (χ0n) is 64.7. The van der Waals surface area contributed by atoms with Crippen LogP contribution in [0.15, 0.2) is 84.9 Å². The Bertz CT molecular complexity index is 3310. The predicted molar refractivity (Wildman–Crippen MR) is 406 cm³/mol. The van der Waals surface area contributed by atoms with Gasteiger partial charge in [0.05, 0.1) is 52.9 Å². The summed E-state index contributed by atoms with van der Waals surface area (Å²) in [5, 5.41) is 9.41. The summed E-state index contributed by atoms with van der Waals surface area (Å²) in [4.78, 5) is 21.9. The minimum Gasteiger partial charge on any atom is -0.600 e. The molecule has 101 heavy (non-hydrogen) atoms. The molecule has 0 amide bonds. The fraction of sp³-hybridized carbons (Fsp3) is 0.671. The molecular weight excluding hydrogens is 1280 g/mol. The van der Waals surface area contributed by atoms with Gasteiger partial charge in [-0.05, 0) is 206 Å². The van der Waals surface area contributed by atoms with Crippen molar-refractivity contribution in [2.24, 2.45) is 22.7 Å². The first-order valence-electron chi connectivity index (χ1n) is 37.5. The van der Waals surface area contributed by atoms with Crippen molar-refractivity contribution >= 4 is 90.5 Å². The maximum Gasteiger partial charge on any atom is 0.591 e. The van der Waals surface area contributed by atoms with Gasteiger partial charge in [0.15, 0.2) is 0 Å². The summed E-state index contributed by atoms with van der Waals surface area (Å²) in [6.45, 7) is 39.8. The van der Waals surface area contributed by atoms with Gasteiger partial charge in [0.1, 0.15) is 30.3 Å². The van der Waals surface area contributed by atoms with Gasteiger partial charge in [-0.2, -0.15) is 0 Å². The van der Waals surface area contributed by atoms with E-state index in [2.05, 4.69) is 123 Å². The van der Waals surface area contributed by atoms with Gasteiger partial charge in [-0.1, -0.05) is 115 Å². The standard InChI is InChI=1S/C13H23BO2.C12H17BO3.C11H11BN2.C11H19BO2.C7H7BO2.C7H15BO2.C6H10BNO4.C6H13BO2/c1-14-15-12(8-4-2-5-9-12)13(16-14)10-6-3-7-11-13;1-12(2)11(15-13(3)16-12)9-5-7-10(14-4)8-6-9;1-12-13-9-6-2-4-8-5-3-7-10(14-12)11(8)9;1-10(2)7-5-8(10)11(3)9(6-7)13-12(4)14-11;1-8-9-6-4-2-3-5-7(6)10-8;1-6(2)7(3,4)10-8(5)9-6;1-7-8(2,3-5(9)11-7)4-6(10)12-7;1-6(2)4-8-7(3)9-5-6/h2-11H2,1H3;5-8,11H,1-4H3;2-7,13-14H,1H3;7-9H,5-6H2,1-4H3;2-5H,1H3;1-5H3;3-4H2,1-2H3;4-5H2,1-3H3/t;;;7?,8-,9+,11-;;;;/m...0..../s1. The van der Waals surface area contributed by atoms with Crippen molar-refractivity contribution in [2.75, 3.05) is 50.9 Å². The van der Waals surface area contributed by atoms with E-state index in [1.807, 2.05) is 96.5 Å². The lowest BCUT2D eigenvalue weighted by atomic mass is 9.43. The number of quaternary nitrogens is 1. The fourth-order valence-corrected chi connectivity index (χ4v) is 17.3. The van der Waals surface area contributed by atoms with Crippen LogP contribution in [0.1, 0.15) is 165 Å². The molecule has 2 bridgehead atoms. The van der Waals surface area contributed by atoms with Crippen LogP contribution >= 0.6 is 0 Å². The molecule has 5 atom stereocenters. The first-order chi connectivity index (χ1) is 47.3. The molecule has 7 saturated heterocycles. The van der Waals surface area contributed by atoms with E-state index in [1.54, 1.807) is 21.0 Å². The van der Waals surface area contributed by atoms with Gasteiger partial charge in [0.2, 0.25) is 0 Å². The summed E-state index contributed by atoms with van der Waals surface area (Å²) in [5.74, 6) is 3.53. The lowest BCUT2D eigenvalue weighted by Gasteiger charge is -2.64. The average molecular weight is 1390 g/mol. The number of rotatable bonds is 2. The van der Waals surface area contributed by atoms with E-state index < -0.39 is 6.69 Å². The fourth-order valence-electron chi connectivity index (χ4n) is 17.3. The van der Waals surface area contributed by atoms with Crippen LogP contribution in [0.4, 0.5) is 11.4 Å². The number of nitrogens with zero attached hydrogens (tertiary/aromatic N) is 1. The number of fused-ring (bicyclic) bond motifs is 3. The number of anilines is 2. The monoisotopic (exact) mass is 1390 g/mol. The largest absolute Gasteiger partial charge is 0.600 e. The van der Waals surface area contributed by atoms with Crippen molar-refractivity contribution in [2.45, 2.75) is 254 Å². The van der Waals surface area contributed by atoms with Gasteiger partial charge in [0, 0.05) is 42.4 Å². The van der Waals surface area contributed by atoms with Crippen LogP contribution in [0.25, 0.3) is 10.8 Å². The third kappa shape index (κ3) is 17.5. The summed E-state index contributed by atoms with van der Waals surface area (Å²) in [7, 11) is 3.14. The SMILES string of the molecule is CB1Nc2cccc3cccc(c23)N1.CB1OC(C)(C)C(C)(C)O1.CB1OC2(CCCCC2)C2(CCCCC2)O1.CB1OCC(C)(C)CO1.CB1O[C@@H]2CC3C[C@@H](C3(C)C)[C@]2(C)O1.CB1Oc2ccccc2O1.COc1ccc(C2OB(C)OC2(C)C)cc1.C[B-]12OC(=O)C[N+]1(C)CC(=O)O2. The maximum absolute atomic E-state index is 11.0. The smallest absolute Gasteiger partial charge is 0.591 e. The first-order valence-corrected chi connectivity index (χ1v) is 37.5. The minimum atomic E-state index is -1.75. The Labute approximate surface area is 606 Å².